The van der Waals surface area contributed by atoms with Crippen LogP contribution in [0.25, 0.3) is 0 Å². The van der Waals surface area contributed by atoms with Crippen LogP contribution in [0.2, 0.25) is 0 Å². The molecule has 9 heteroatoms. The molecule has 47 heavy (non-hydrogen) atoms. The Hall–Kier alpha value is -3.95. The highest BCUT2D eigenvalue weighted by Gasteiger charge is 2.35. The molecule has 5 rings (SSSR count). The molecular weight excluding hydrogens is 674 g/mol. The Morgan fingerprint density at radius 2 is 1.43 bits per heavy atom. The fourth-order valence-electron chi connectivity index (χ4n) is 6.17. The van der Waals surface area contributed by atoms with Crippen molar-refractivity contribution in [2.45, 2.75) is 75.4 Å². The molecule has 4 aromatic carbocycles. The van der Waals surface area contributed by atoms with Gasteiger partial charge in [0.15, 0.2) is 0 Å². The SMILES string of the molecule is CCc1ccccc1N(CC(=O)N(Cc1ccc(Br)cc1)[C@@H](Cc1ccccc1)C(=O)NC1CCCCC1)S(=O)(=O)c1ccccc1. The second kappa shape index (κ2) is 16.2. The molecular formula is C38H42BrN3O4S. The van der Waals surface area contributed by atoms with Crippen molar-refractivity contribution in [1.29, 1.82) is 0 Å². The minimum absolute atomic E-state index is 0.0468. The van der Waals surface area contributed by atoms with Gasteiger partial charge in [-0.25, -0.2) is 8.42 Å². The van der Waals surface area contributed by atoms with Gasteiger partial charge in [-0.2, -0.15) is 0 Å². The van der Waals surface area contributed by atoms with Gasteiger partial charge in [-0.05, 0) is 66.3 Å². The molecule has 0 heterocycles. The average molecular weight is 717 g/mol. The number of hydrogen-bond acceptors (Lipinski definition) is 4. The van der Waals surface area contributed by atoms with E-state index in [4.69, 9.17) is 0 Å². The smallest absolute Gasteiger partial charge is 0.264 e. The van der Waals surface area contributed by atoms with E-state index in [1.807, 2.05) is 73.7 Å². The van der Waals surface area contributed by atoms with Gasteiger partial charge in [0.05, 0.1) is 10.6 Å². The molecule has 1 saturated carbocycles. The van der Waals surface area contributed by atoms with Gasteiger partial charge in [-0.1, -0.05) is 121 Å². The lowest BCUT2D eigenvalue weighted by atomic mass is 9.94. The molecule has 1 aliphatic rings. The topological polar surface area (TPSA) is 86.8 Å². The van der Waals surface area contributed by atoms with E-state index in [1.165, 1.54) is 16.4 Å². The van der Waals surface area contributed by atoms with Crippen molar-refractivity contribution >= 4 is 43.5 Å². The molecule has 0 spiro atoms. The summed E-state index contributed by atoms with van der Waals surface area (Å²) in [6.07, 6.45) is 5.94. The van der Waals surface area contributed by atoms with Crippen LogP contribution < -0.4 is 9.62 Å². The minimum atomic E-state index is -4.14. The number of halogens is 1. The second-order valence-corrected chi connectivity index (χ2v) is 14.8. The minimum Gasteiger partial charge on any atom is -0.352 e. The number of para-hydroxylation sites is 1. The first-order valence-corrected chi connectivity index (χ1v) is 18.5. The first kappa shape index (κ1) is 34.4. The van der Waals surface area contributed by atoms with Crippen molar-refractivity contribution in [3.05, 3.63) is 130 Å². The highest BCUT2D eigenvalue weighted by Crippen LogP contribution is 2.29. The summed E-state index contributed by atoms with van der Waals surface area (Å²) in [5.74, 6) is -0.685. The molecule has 0 bridgehead atoms. The summed E-state index contributed by atoms with van der Waals surface area (Å²) >= 11 is 3.49. The number of anilines is 1. The molecule has 1 N–H and O–H groups in total. The zero-order chi connectivity index (χ0) is 33.2. The zero-order valence-corrected chi connectivity index (χ0v) is 29.1. The largest absolute Gasteiger partial charge is 0.352 e. The van der Waals surface area contributed by atoms with Crippen molar-refractivity contribution in [2.24, 2.45) is 0 Å². The van der Waals surface area contributed by atoms with E-state index in [-0.39, 0.29) is 23.4 Å². The van der Waals surface area contributed by atoms with Crippen molar-refractivity contribution in [1.82, 2.24) is 10.2 Å². The molecule has 4 aromatic rings. The first-order chi connectivity index (χ1) is 22.8. The van der Waals surface area contributed by atoms with Crippen LogP contribution in [-0.2, 0) is 39.0 Å². The molecule has 2 amide bonds. The number of carbonyl (C=O) groups excluding carboxylic acids is 2. The third kappa shape index (κ3) is 8.90. The van der Waals surface area contributed by atoms with Gasteiger partial charge < -0.3 is 10.2 Å². The van der Waals surface area contributed by atoms with Crippen molar-refractivity contribution in [3.8, 4) is 0 Å². The van der Waals surface area contributed by atoms with Crippen molar-refractivity contribution in [3.63, 3.8) is 0 Å². The number of nitrogens with one attached hydrogen (secondary N) is 1. The summed E-state index contributed by atoms with van der Waals surface area (Å²) in [7, 11) is -4.14. The van der Waals surface area contributed by atoms with E-state index < -0.39 is 28.5 Å². The van der Waals surface area contributed by atoms with Crippen LogP contribution in [0.3, 0.4) is 0 Å². The predicted molar refractivity (Wildman–Crippen MR) is 190 cm³/mol. The zero-order valence-electron chi connectivity index (χ0n) is 26.7. The molecule has 0 unspecified atom stereocenters. The maximum Gasteiger partial charge on any atom is 0.264 e. The monoisotopic (exact) mass is 715 g/mol. The second-order valence-electron chi connectivity index (χ2n) is 12.0. The fraction of sp³-hybridized carbons (Fsp3) is 0.316. The lowest BCUT2D eigenvalue weighted by Gasteiger charge is -2.35. The highest BCUT2D eigenvalue weighted by molar-refractivity contribution is 9.10. The lowest BCUT2D eigenvalue weighted by Crippen LogP contribution is -2.55. The van der Waals surface area contributed by atoms with Crippen LogP contribution in [0.5, 0.6) is 0 Å². The van der Waals surface area contributed by atoms with Crippen LogP contribution in [-0.4, -0.2) is 43.8 Å². The molecule has 0 radical (unpaired) electrons. The highest BCUT2D eigenvalue weighted by atomic mass is 79.9. The number of benzene rings is 4. The molecule has 1 fully saturated rings. The molecule has 246 valence electrons. The van der Waals surface area contributed by atoms with Gasteiger partial charge in [0.25, 0.3) is 10.0 Å². The summed E-state index contributed by atoms with van der Waals surface area (Å²) < 4.78 is 30.7. The molecule has 0 aliphatic heterocycles. The maximum atomic E-state index is 14.7. The molecule has 0 saturated heterocycles. The lowest BCUT2D eigenvalue weighted by molar-refractivity contribution is -0.140. The number of carbonyl (C=O) groups is 2. The normalized spacial score (nSPS) is 14.3. The third-order valence-corrected chi connectivity index (χ3v) is 11.0. The van der Waals surface area contributed by atoms with E-state index in [9.17, 15) is 18.0 Å². The van der Waals surface area contributed by atoms with E-state index in [0.29, 0.717) is 18.5 Å². The van der Waals surface area contributed by atoms with Gasteiger partial charge in [0.1, 0.15) is 12.6 Å². The first-order valence-electron chi connectivity index (χ1n) is 16.3. The summed E-state index contributed by atoms with van der Waals surface area (Å²) in [5, 5.41) is 3.26. The Bertz CT molecular complexity index is 1730. The molecule has 1 atom stereocenters. The third-order valence-electron chi connectivity index (χ3n) is 8.74. The summed E-state index contributed by atoms with van der Waals surface area (Å²) in [6.45, 7) is 1.63. The maximum absolute atomic E-state index is 14.7. The van der Waals surface area contributed by atoms with Crippen LogP contribution in [0, 0.1) is 0 Å². The summed E-state index contributed by atoms with van der Waals surface area (Å²) in [5.41, 5.74) is 2.99. The van der Waals surface area contributed by atoms with E-state index in [0.717, 1.165) is 53.3 Å². The Labute approximate surface area is 287 Å². The van der Waals surface area contributed by atoms with Crippen LogP contribution >= 0.6 is 15.9 Å². The van der Waals surface area contributed by atoms with Crippen molar-refractivity contribution in [2.75, 3.05) is 10.8 Å². The van der Waals surface area contributed by atoms with Gasteiger partial charge in [0, 0.05) is 23.5 Å². The van der Waals surface area contributed by atoms with E-state index in [2.05, 4.69) is 21.2 Å². The Morgan fingerprint density at radius 1 is 0.809 bits per heavy atom. The number of nitrogens with zero attached hydrogens (tertiary/aromatic N) is 2. The fourth-order valence-corrected chi connectivity index (χ4v) is 7.91. The van der Waals surface area contributed by atoms with Crippen molar-refractivity contribution < 1.29 is 18.0 Å². The van der Waals surface area contributed by atoms with Gasteiger partial charge in [-0.15, -0.1) is 0 Å². The number of rotatable bonds is 13. The Morgan fingerprint density at radius 3 is 2.09 bits per heavy atom. The number of sulfonamides is 1. The molecule has 7 nitrogen and oxygen atoms in total. The number of aryl methyl sites for hydroxylation is 1. The van der Waals surface area contributed by atoms with E-state index >= 15 is 0 Å². The van der Waals surface area contributed by atoms with Crippen LogP contribution in [0.1, 0.15) is 55.7 Å². The number of hydrogen-bond donors (Lipinski definition) is 1. The van der Waals surface area contributed by atoms with Gasteiger partial charge >= 0.3 is 0 Å². The summed E-state index contributed by atoms with van der Waals surface area (Å²) in [4.78, 5) is 30.6. The van der Waals surface area contributed by atoms with Gasteiger partial charge in [-0.3, -0.25) is 13.9 Å². The summed E-state index contributed by atoms with van der Waals surface area (Å²) in [6, 6.07) is 31.9. The molecule has 0 aromatic heterocycles. The predicted octanol–water partition coefficient (Wildman–Crippen LogP) is 7.30. The van der Waals surface area contributed by atoms with Crippen LogP contribution in [0.15, 0.2) is 119 Å². The molecule has 1 aliphatic carbocycles. The quantitative estimate of drug-likeness (QED) is 0.158. The Balaban J connectivity index is 1.57. The van der Waals surface area contributed by atoms with E-state index in [1.54, 1.807) is 35.2 Å². The standard InChI is InChI=1S/C38H42BrN3O4S/c1-2-31-16-12-13-21-35(31)42(47(45,46)34-19-10-5-11-20-34)28-37(43)41(27-30-22-24-32(39)25-23-30)36(26-29-14-6-3-7-15-29)38(44)40-33-17-8-4-9-18-33/h3,5-7,10-16,19-25,33,36H,2,4,8-9,17-18,26-28H2,1H3,(H,40,44)/t36-/m0/s1. The average Bonchev–Trinajstić information content (AvgIpc) is 3.10. The van der Waals surface area contributed by atoms with Crippen LogP contribution in [0.4, 0.5) is 5.69 Å². The van der Waals surface area contributed by atoms with Gasteiger partial charge in [0.2, 0.25) is 11.8 Å². The Kier molecular flexibility index (Phi) is 11.9. The number of amides is 2.